The molecule has 3 rings (SSSR count). The zero-order valence-electron chi connectivity index (χ0n) is 14.6. The fourth-order valence-electron chi connectivity index (χ4n) is 2.61. The summed E-state index contributed by atoms with van der Waals surface area (Å²) in [7, 11) is 1.85. The average molecular weight is 354 g/mol. The maximum atomic E-state index is 12.5. The fraction of sp³-hybridized carbons (Fsp3) is 0.235. The molecule has 2 aromatic heterocycles. The van der Waals surface area contributed by atoms with Crippen molar-refractivity contribution in [2.45, 2.75) is 19.9 Å². The Bertz CT molecular complexity index is 957. The Kier molecular flexibility index (Phi) is 4.53. The highest BCUT2D eigenvalue weighted by atomic mass is 16.6. The maximum absolute atomic E-state index is 12.5. The van der Waals surface area contributed by atoms with Gasteiger partial charge >= 0.3 is 0 Å². The molecule has 9 nitrogen and oxygen atoms in total. The number of rotatable bonds is 5. The van der Waals surface area contributed by atoms with E-state index in [1.54, 1.807) is 29.2 Å². The summed E-state index contributed by atoms with van der Waals surface area (Å²) in [4.78, 5) is 22.7. The average Bonchev–Trinajstić information content (AvgIpc) is 3.23. The van der Waals surface area contributed by atoms with Crippen molar-refractivity contribution in [3.05, 3.63) is 69.8 Å². The first kappa shape index (κ1) is 17.3. The quantitative estimate of drug-likeness (QED) is 0.559. The van der Waals surface area contributed by atoms with E-state index in [0.29, 0.717) is 11.3 Å². The molecule has 3 aromatic rings. The van der Waals surface area contributed by atoms with Crippen LogP contribution >= 0.6 is 0 Å². The van der Waals surface area contributed by atoms with Gasteiger partial charge in [-0.3, -0.25) is 19.6 Å². The van der Waals surface area contributed by atoms with E-state index in [9.17, 15) is 14.9 Å². The molecule has 0 bridgehead atoms. The van der Waals surface area contributed by atoms with Crippen LogP contribution in [0, 0.1) is 17.0 Å². The fourth-order valence-corrected chi connectivity index (χ4v) is 2.61. The van der Waals surface area contributed by atoms with E-state index in [4.69, 9.17) is 0 Å². The Morgan fingerprint density at radius 1 is 1.23 bits per heavy atom. The number of nitro groups is 1. The highest BCUT2D eigenvalue weighted by Crippen LogP contribution is 2.18. The van der Waals surface area contributed by atoms with E-state index in [-0.39, 0.29) is 17.6 Å². The summed E-state index contributed by atoms with van der Waals surface area (Å²) >= 11 is 0. The van der Waals surface area contributed by atoms with Gasteiger partial charge in [-0.25, -0.2) is 4.68 Å². The van der Waals surface area contributed by atoms with E-state index in [0.717, 1.165) is 11.3 Å². The zero-order valence-corrected chi connectivity index (χ0v) is 14.6. The van der Waals surface area contributed by atoms with Crippen LogP contribution in [0.3, 0.4) is 0 Å². The SMILES string of the molecule is Cc1c(C(C)NC(=O)c2cnn(-c3ccc([N+](=O)[O-])cc3)c2)cnn1C. The van der Waals surface area contributed by atoms with Crippen molar-refractivity contribution in [2.24, 2.45) is 7.05 Å². The molecule has 1 amide bonds. The van der Waals surface area contributed by atoms with E-state index < -0.39 is 4.92 Å². The molecule has 0 saturated carbocycles. The van der Waals surface area contributed by atoms with Crippen molar-refractivity contribution < 1.29 is 9.72 Å². The second kappa shape index (κ2) is 6.79. The van der Waals surface area contributed by atoms with Crippen LogP contribution in [0.25, 0.3) is 5.69 Å². The summed E-state index contributed by atoms with van der Waals surface area (Å²) in [6, 6.07) is 5.75. The van der Waals surface area contributed by atoms with E-state index >= 15 is 0 Å². The molecule has 1 unspecified atom stereocenters. The number of nitro benzene ring substituents is 1. The molecule has 1 aromatic carbocycles. The summed E-state index contributed by atoms with van der Waals surface area (Å²) in [5, 5.41) is 22.0. The van der Waals surface area contributed by atoms with Gasteiger partial charge in [0.25, 0.3) is 11.6 Å². The van der Waals surface area contributed by atoms with Gasteiger partial charge in [0.2, 0.25) is 0 Å². The number of amides is 1. The Hall–Kier alpha value is -3.49. The Morgan fingerprint density at radius 3 is 2.50 bits per heavy atom. The molecule has 0 radical (unpaired) electrons. The molecule has 9 heteroatoms. The van der Waals surface area contributed by atoms with Crippen LogP contribution < -0.4 is 5.32 Å². The second-order valence-corrected chi connectivity index (χ2v) is 5.95. The Morgan fingerprint density at radius 2 is 1.92 bits per heavy atom. The predicted octanol–water partition coefficient (Wildman–Crippen LogP) is 2.31. The van der Waals surface area contributed by atoms with Gasteiger partial charge in [0.05, 0.1) is 34.6 Å². The second-order valence-electron chi connectivity index (χ2n) is 5.95. The summed E-state index contributed by atoms with van der Waals surface area (Å²) in [6.07, 6.45) is 4.78. The molecule has 0 aliphatic rings. The van der Waals surface area contributed by atoms with Crippen molar-refractivity contribution in [1.29, 1.82) is 0 Å². The molecule has 0 aliphatic heterocycles. The number of hydrogen-bond donors (Lipinski definition) is 1. The summed E-state index contributed by atoms with van der Waals surface area (Å²) in [5.41, 5.74) is 2.96. The van der Waals surface area contributed by atoms with Crippen LogP contribution in [-0.2, 0) is 7.05 Å². The molecule has 0 saturated heterocycles. The van der Waals surface area contributed by atoms with Crippen molar-refractivity contribution in [3.8, 4) is 5.69 Å². The molecule has 26 heavy (non-hydrogen) atoms. The van der Waals surface area contributed by atoms with Crippen LogP contribution in [0.4, 0.5) is 5.69 Å². The topological polar surface area (TPSA) is 108 Å². The molecule has 0 aliphatic carbocycles. The molecule has 1 atom stereocenters. The van der Waals surface area contributed by atoms with Crippen LogP contribution in [0.2, 0.25) is 0 Å². The summed E-state index contributed by atoms with van der Waals surface area (Å²) in [6.45, 7) is 3.83. The van der Waals surface area contributed by atoms with Crippen LogP contribution in [0.5, 0.6) is 0 Å². The number of aromatic nitrogens is 4. The number of nitrogens with zero attached hydrogens (tertiary/aromatic N) is 5. The van der Waals surface area contributed by atoms with Crippen molar-refractivity contribution in [1.82, 2.24) is 24.9 Å². The maximum Gasteiger partial charge on any atom is 0.269 e. The number of carbonyl (C=O) groups is 1. The van der Waals surface area contributed by atoms with Crippen LogP contribution in [0.1, 0.15) is 34.6 Å². The molecule has 1 N–H and O–H groups in total. The van der Waals surface area contributed by atoms with E-state index in [1.165, 1.54) is 23.0 Å². The minimum atomic E-state index is -0.465. The highest BCUT2D eigenvalue weighted by Gasteiger charge is 2.17. The standard InChI is InChI=1S/C17H18N6O3/c1-11(16-9-18-21(3)12(16)2)20-17(24)13-8-19-22(10-13)14-4-6-15(7-5-14)23(25)26/h4-11H,1-3H3,(H,20,24). The van der Waals surface area contributed by atoms with Crippen LogP contribution in [-0.4, -0.2) is 30.4 Å². The highest BCUT2D eigenvalue weighted by molar-refractivity contribution is 5.94. The van der Waals surface area contributed by atoms with Gasteiger partial charge in [0, 0.05) is 36.6 Å². The first-order valence-corrected chi connectivity index (χ1v) is 7.95. The third kappa shape index (κ3) is 3.32. The largest absolute Gasteiger partial charge is 0.345 e. The Labute approximate surface area is 149 Å². The van der Waals surface area contributed by atoms with E-state index in [1.807, 2.05) is 20.9 Å². The first-order chi connectivity index (χ1) is 12.4. The smallest absolute Gasteiger partial charge is 0.269 e. The third-order valence-corrected chi connectivity index (χ3v) is 4.26. The van der Waals surface area contributed by atoms with E-state index in [2.05, 4.69) is 15.5 Å². The summed E-state index contributed by atoms with van der Waals surface area (Å²) < 4.78 is 3.25. The van der Waals surface area contributed by atoms with Gasteiger partial charge in [-0.15, -0.1) is 0 Å². The first-order valence-electron chi connectivity index (χ1n) is 7.95. The molecule has 0 spiro atoms. The van der Waals surface area contributed by atoms with Crippen molar-refractivity contribution >= 4 is 11.6 Å². The Balaban J connectivity index is 1.73. The van der Waals surface area contributed by atoms with Gasteiger partial charge in [0.1, 0.15) is 0 Å². The molecule has 0 fully saturated rings. The zero-order chi connectivity index (χ0) is 18.8. The number of aryl methyl sites for hydroxylation is 1. The lowest BCUT2D eigenvalue weighted by molar-refractivity contribution is -0.384. The van der Waals surface area contributed by atoms with Gasteiger partial charge < -0.3 is 5.32 Å². The number of nitrogens with one attached hydrogen (secondary N) is 1. The number of carbonyl (C=O) groups excluding carboxylic acids is 1. The van der Waals surface area contributed by atoms with Crippen molar-refractivity contribution in [2.75, 3.05) is 0 Å². The van der Waals surface area contributed by atoms with Crippen LogP contribution in [0.15, 0.2) is 42.9 Å². The normalized spacial score (nSPS) is 12.0. The number of non-ortho nitro benzene ring substituents is 1. The monoisotopic (exact) mass is 354 g/mol. The lowest BCUT2D eigenvalue weighted by Gasteiger charge is -2.12. The molecule has 2 heterocycles. The van der Waals surface area contributed by atoms with Gasteiger partial charge in [-0.05, 0) is 26.0 Å². The predicted molar refractivity (Wildman–Crippen MR) is 94.0 cm³/mol. The lowest BCUT2D eigenvalue weighted by atomic mass is 10.1. The third-order valence-electron chi connectivity index (χ3n) is 4.26. The number of benzene rings is 1. The van der Waals surface area contributed by atoms with Gasteiger partial charge in [-0.1, -0.05) is 0 Å². The van der Waals surface area contributed by atoms with Gasteiger partial charge in [-0.2, -0.15) is 10.2 Å². The molecular formula is C17H18N6O3. The minimum Gasteiger partial charge on any atom is -0.345 e. The van der Waals surface area contributed by atoms with Crippen molar-refractivity contribution in [3.63, 3.8) is 0 Å². The summed E-state index contributed by atoms with van der Waals surface area (Å²) in [5.74, 6) is -0.256. The molecule has 134 valence electrons. The van der Waals surface area contributed by atoms with Gasteiger partial charge in [0.15, 0.2) is 0 Å². The minimum absolute atomic E-state index is 0.000428. The number of hydrogen-bond acceptors (Lipinski definition) is 5. The molecular weight excluding hydrogens is 336 g/mol. The lowest BCUT2D eigenvalue weighted by Crippen LogP contribution is -2.26.